The van der Waals surface area contributed by atoms with Crippen molar-refractivity contribution in [1.29, 1.82) is 0 Å². The molecule has 5 rings (SSSR count). The summed E-state index contributed by atoms with van der Waals surface area (Å²) in [6.45, 7) is 3.90. The first-order chi connectivity index (χ1) is 18.4. The maximum atomic E-state index is 14.1. The molecule has 1 N–H and O–H groups in total. The zero-order valence-corrected chi connectivity index (χ0v) is 22.5. The van der Waals surface area contributed by atoms with Crippen molar-refractivity contribution in [3.63, 3.8) is 0 Å². The van der Waals surface area contributed by atoms with Gasteiger partial charge in [0.05, 0.1) is 22.8 Å². The molecule has 2 heterocycles. The van der Waals surface area contributed by atoms with E-state index in [0.717, 1.165) is 33.1 Å². The fraction of sp³-hybridized carbons (Fsp3) is 0.172. The fourth-order valence-corrected chi connectivity index (χ4v) is 4.90. The van der Waals surface area contributed by atoms with Gasteiger partial charge in [-0.15, -0.1) is 0 Å². The van der Waals surface area contributed by atoms with Crippen LogP contribution in [0.4, 0.5) is 10.1 Å². The maximum Gasteiger partial charge on any atom is 0.282 e. The Morgan fingerprint density at radius 3 is 2.66 bits per heavy atom. The van der Waals surface area contributed by atoms with Crippen LogP contribution in [0.1, 0.15) is 30.4 Å². The van der Waals surface area contributed by atoms with Gasteiger partial charge in [-0.1, -0.05) is 53.2 Å². The number of benzene rings is 3. The van der Waals surface area contributed by atoms with Crippen LogP contribution in [-0.2, 0) is 17.8 Å². The molecule has 0 unspecified atom stereocenters. The van der Waals surface area contributed by atoms with E-state index in [1.807, 2.05) is 54.8 Å². The van der Waals surface area contributed by atoms with Crippen LogP contribution in [0.5, 0.6) is 0 Å². The molecule has 0 aliphatic heterocycles. The minimum Gasteiger partial charge on any atom is -0.335 e. The van der Waals surface area contributed by atoms with Gasteiger partial charge in [0.25, 0.3) is 5.56 Å². The van der Waals surface area contributed by atoms with Crippen molar-refractivity contribution in [2.75, 3.05) is 5.32 Å². The molecule has 2 aromatic heterocycles. The van der Waals surface area contributed by atoms with E-state index in [-0.39, 0.29) is 23.7 Å². The summed E-state index contributed by atoms with van der Waals surface area (Å²) in [4.78, 5) is 30.9. The number of aromatic nitrogens is 3. The number of carbonyl (C=O) groups excluding carboxylic acids is 1. The summed E-state index contributed by atoms with van der Waals surface area (Å²) < 4.78 is 18.1. The standard InChI is InChI=1S/C29H25BrFN5O2/c1-3-8-27-33-24-14-13-19(30)15-21(24)29(38)36(27)32-16-22-18(2)35(26-12-7-4-9-20(22)26)17-28(37)34-25-11-6-5-10-23(25)31/h4-7,9-16H,3,8,17H2,1-2H3,(H,34,37). The van der Waals surface area contributed by atoms with Gasteiger partial charge < -0.3 is 9.88 Å². The number of para-hydroxylation sites is 2. The number of nitrogens with one attached hydrogen (secondary N) is 1. The van der Waals surface area contributed by atoms with E-state index in [1.54, 1.807) is 24.4 Å². The number of carbonyl (C=O) groups is 1. The molecule has 38 heavy (non-hydrogen) atoms. The second-order valence-corrected chi connectivity index (χ2v) is 9.85. The molecule has 0 aliphatic carbocycles. The van der Waals surface area contributed by atoms with Gasteiger partial charge in [0.15, 0.2) is 0 Å². The second-order valence-electron chi connectivity index (χ2n) is 8.93. The molecule has 1 amide bonds. The van der Waals surface area contributed by atoms with Crippen molar-refractivity contribution in [2.24, 2.45) is 5.10 Å². The first kappa shape index (κ1) is 25.5. The second kappa shape index (κ2) is 10.7. The fourth-order valence-electron chi connectivity index (χ4n) is 4.54. The van der Waals surface area contributed by atoms with Crippen molar-refractivity contribution in [1.82, 2.24) is 14.2 Å². The number of rotatable bonds is 7. The van der Waals surface area contributed by atoms with E-state index in [9.17, 15) is 14.0 Å². The Hall–Kier alpha value is -4.11. The number of anilines is 1. The summed E-state index contributed by atoms with van der Waals surface area (Å²) in [5.41, 5.74) is 2.91. The highest BCUT2D eigenvalue weighted by molar-refractivity contribution is 9.10. The molecule has 0 fully saturated rings. The average Bonchev–Trinajstić information content (AvgIpc) is 3.16. The Bertz CT molecular complexity index is 1770. The number of fused-ring (bicyclic) bond motifs is 2. The topological polar surface area (TPSA) is 81.3 Å². The molecule has 0 spiro atoms. The highest BCUT2D eigenvalue weighted by Gasteiger charge is 2.17. The van der Waals surface area contributed by atoms with Gasteiger partial charge in [0.2, 0.25) is 5.91 Å². The van der Waals surface area contributed by atoms with Crippen LogP contribution in [0.3, 0.4) is 0 Å². The van der Waals surface area contributed by atoms with Crippen molar-refractivity contribution in [3.05, 3.63) is 104 Å². The van der Waals surface area contributed by atoms with Gasteiger partial charge in [-0.2, -0.15) is 9.78 Å². The van der Waals surface area contributed by atoms with Crippen molar-refractivity contribution in [3.8, 4) is 0 Å². The molecular formula is C29H25BrFN5O2. The highest BCUT2D eigenvalue weighted by atomic mass is 79.9. The monoisotopic (exact) mass is 573 g/mol. The van der Waals surface area contributed by atoms with E-state index in [4.69, 9.17) is 4.98 Å². The predicted octanol–water partition coefficient (Wildman–Crippen LogP) is 6.03. The first-order valence-electron chi connectivity index (χ1n) is 12.2. The summed E-state index contributed by atoms with van der Waals surface area (Å²) in [7, 11) is 0. The van der Waals surface area contributed by atoms with Crippen molar-refractivity contribution < 1.29 is 9.18 Å². The average molecular weight is 574 g/mol. The summed E-state index contributed by atoms with van der Waals surface area (Å²) in [5.74, 6) is -0.269. The third kappa shape index (κ3) is 4.89. The van der Waals surface area contributed by atoms with Crippen LogP contribution in [0.2, 0.25) is 0 Å². The molecule has 0 bridgehead atoms. The number of hydrogen-bond donors (Lipinski definition) is 1. The Kier molecular flexibility index (Phi) is 7.20. The molecule has 192 valence electrons. The lowest BCUT2D eigenvalue weighted by atomic mass is 10.1. The molecule has 0 saturated heterocycles. The quantitative estimate of drug-likeness (QED) is 0.241. The van der Waals surface area contributed by atoms with E-state index in [2.05, 4.69) is 26.3 Å². The Balaban J connectivity index is 1.56. The summed E-state index contributed by atoms with van der Waals surface area (Å²) in [5, 5.41) is 8.59. The minimum absolute atomic E-state index is 0.0128. The minimum atomic E-state index is -0.493. The van der Waals surface area contributed by atoms with Crippen LogP contribution in [0.25, 0.3) is 21.8 Å². The normalized spacial score (nSPS) is 11.6. The van der Waals surface area contributed by atoms with Gasteiger partial charge in [-0.3, -0.25) is 9.59 Å². The van der Waals surface area contributed by atoms with Crippen LogP contribution in [-0.4, -0.2) is 26.3 Å². The van der Waals surface area contributed by atoms with Crippen LogP contribution in [0, 0.1) is 12.7 Å². The van der Waals surface area contributed by atoms with Crippen molar-refractivity contribution >= 4 is 55.5 Å². The van der Waals surface area contributed by atoms with Gasteiger partial charge in [0.1, 0.15) is 18.2 Å². The Morgan fingerprint density at radius 1 is 1.11 bits per heavy atom. The number of hydrogen-bond acceptors (Lipinski definition) is 4. The zero-order chi connectivity index (χ0) is 26.8. The maximum absolute atomic E-state index is 14.1. The Morgan fingerprint density at radius 2 is 1.87 bits per heavy atom. The van der Waals surface area contributed by atoms with E-state index < -0.39 is 5.82 Å². The molecule has 0 saturated carbocycles. The summed E-state index contributed by atoms with van der Waals surface area (Å²) >= 11 is 3.43. The van der Waals surface area contributed by atoms with Gasteiger partial charge in [0, 0.05) is 33.1 Å². The van der Waals surface area contributed by atoms with Crippen LogP contribution >= 0.6 is 15.9 Å². The number of halogens is 2. The Labute approximate surface area is 226 Å². The number of nitrogens with zero attached hydrogens (tertiary/aromatic N) is 4. The summed E-state index contributed by atoms with van der Waals surface area (Å²) in [6.07, 6.45) is 3.05. The first-order valence-corrected chi connectivity index (χ1v) is 13.0. The number of aryl methyl sites for hydroxylation is 1. The molecule has 0 radical (unpaired) electrons. The van der Waals surface area contributed by atoms with E-state index >= 15 is 0 Å². The molecule has 0 atom stereocenters. The highest BCUT2D eigenvalue weighted by Crippen LogP contribution is 2.25. The summed E-state index contributed by atoms with van der Waals surface area (Å²) in [6, 6.07) is 19.1. The lowest BCUT2D eigenvalue weighted by Crippen LogP contribution is -2.22. The molecule has 3 aromatic carbocycles. The zero-order valence-electron chi connectivity index (χ0n) is 20.9. The van der Waals surface area contributed by atoms with Gasteiger partial charge >= 0.3 is 0 Å². The lowest BCUT2D eigenvalue weighted by molar-refractivity contribution is -0.116. The SMILES string of the molecule is CCCc1nc2ccc(Br)cc2c(=O)n1N=Cc1c(C)n(CC(=O)Nc2ccccc2F)c2ccccc12. The van der Waals surface area contributed by atoms with Gasteiger partial charge in [-0.05, 0) is 49.7 Å². The third-order valence-corrected chi connectivity index (χ3v) is 6.87. The van der Waals surface area contributed by atoms with Crippen LogP contribution < -0.4 is 10.9 Å². The van der Waals surface area contributed by atoms with Gasteiger partial charge in [-0.25, -0.2) is 9.37 Å². The third-order valence-electron chi connectivity index (χ3n) is 6.38. The molecule has 0 aliphatic rings. The predicted molar refractivity (Wildman–Crippen MR) is 152 cm³/mol. The van der Waals surface area contributed by atoms with Crippen molar-refractivity contribution in [2.45, 2.75) is 33.2 Å². The van der Waals surface area contributed by atoms with Crippen LogP contribution in [0.15, 0.2) is 81.1 Å². The largest absolute Gasteiger partial charge is 0.335 e. The molecule has 5 aromatic rings. The van der Waals surface area contributed by atoms with E-state index in [1.165, 1.54) is 16.8 Å². The molecule has 7 nitrogen and oxygen atoms in total. The lowest BCUT2D eigenvalue weighted by Gasteiger charge is -2.10. The molecule has 9 heteroatoms. The number of amides is 1. The van der Waals surface area contributed by atoms with E-state index in [0.29, 0.717) is 23.1 Å². The smallest absolute Gasteiger partial charge is 0.282 e. The molecular weight excluding hydrogens is 549 g/mol.